The first-order chi connectivity index (χ1) is 12.4. The molecule has 26 heavy (non-hydrogen) atoms. The normalized spacial score (nSPS) is 14.7. The highest BCUT2D eigenvalue weighted by Gasteiger charge is 2.10. The molecule has 0 fully saturated rings. The van der Waals surface area contributed by atoms with Crippen molar-refractivity contribution < 1.29 is 8.42 Å². The van der Waals surface area contributed by atoms with Crippen molar-refractivity contribution >= 4 is 27.2 Å². The molecular weight excluding hydrogens is 348 g/mol. The molecule has 0 saturated heterocycles. The van der Waals surface area contributed by atoms with Gasteiger partial charge in [0.15, 0.2) is 9.84 Å². The number of sulfone groups is 1. The van der Waals surface area contributed by atoms with Crippen molar-refractivity contribution in [3.63, 3.8) is 0 Å². The van der Waals surface area contributed by atoms with E-state index < -0.39 is 9.84 Å². The number of hydrogen-bond acceptors (Lipinski definition) is 6. The molecule has 2 aromatic rings. The lowest BCUT2D eigenvalue weighted by molar-refractivity contribution is 0.602. The van der Waals surface area contributed by atoms with Crippen molar-refractivity contribution in [2.45, 2.75) is 37.0 Å². The number of rotatable bonds is 6. The highest BCUT2D eigenvalue weighted by molar-refractivity contribution is 7.90. The van der Waals surface area contributed by atoms with Gasteiger partial charge in [0, 0.05) is 18.9 Å². The average Bonchev–Trinajstić information content (AvgIpc) is 2.62. The van der Waals surface area contributed by atoms with Crippen LogP contribution in [-0.2, 0) is 16.3 Å². The van der Waals surface area contributed by atoms with Gasteiger partial charge in [-0.3, -0.25) is 0 Å². The highest BCUT2D eigenvalue weighted by atomic mass is 32.2. The van der Waals surface area contributed by atoms with Crippen LogP contribution >= 0.6 is 0 Å². The van der Waals surface area contributed by atoms with Crippen molar-refractivity contribution in [1.82, 2.24) is 9.97 Å². The number of anilines is 2. The Kier molecular flexibility index (Phi) is 5.56. The average molecular weight is 372 g/mol. The lowest BCUT2D eigenvalue weighted by Crippen LogP contribution is -2.09. The first-order valence-electron chi connectivity index (χ1n) is 8.79. The molecule has 0 saturated carbocycles. The molecule has 0 aliphatic heterocycles. The van der Waals surface area contributed by atoms with Crippen LogP contribution in [0.2, 0.25) is 0 Å². The molecule has 6 nitrogen and oxygen atoms in total. The molecular formula is C19H24N4O2S. The van der Waals surface area contributed by atoms with E-state index in [-0.39, 0.29) is 5.95 Å². The van der Waals surface area contributed by atoms with E-state index in [1.165, 1.54) is 24.7 Å². The predicted molar refractivity (Wildman–Crippen MR) is 105 cm³/mol. The number of nitrogen functional groups attached to an aromatic ring is 1. The van der Waals surface area contributed by atoms with Gasteiger partial charge >= 0.3 is 0 Å². The Labute approximate surface area is 154 Å². The maximum Gasteiger partial charge on any atom is 0.222 e. The zero-order valence-electron chi connectivity index (χ0n) is 14.9. The SMILES string of the molecule is CS(=O)(=O)c1ccc(CCNc2cc(C3=CCCCC3)nc(N)n2)cc1. The fourth-order valence-corrected chi connectivity index (χ4v) is 3.66. The number of allylic oxidation sites excluding steroid dienone is 2. The van der Waals surface area contributed by atoms with Crippen LogP contribution < -0.4 is 11.1 Å². The second-order valence-electron chi connectivity index (χ2n) is 6.56. The van der Waals surface area contributed by atoms with E-state index in [1.54, 1.807) is 12.1 Å². The predicted octanol–water partition coefficient (Wildman–Crippen LogP) is 3.07. The summed E-state index contributed by atoms with van der Waals surface area (Å²) in [4.78, 5) is 8.95. The van der Waals surface area contributed by atoms with E-state index in [0.29, 0.717) is 17.3 Å². The molecule has 0 spiro atoms. The molecule has 1 heterocycles. The van der Waals surface area contributed by atoms with E-state index in [4.69, 9.17) is 5.73 Å². The van der Waals surface area contributed by atoms with Crippen LogP contribution in [0.4, 0.5) is 11.8 Å². The molecule has 0 unspecified atom stereocenters. The molecule has 1 aliphatic carbocycles. The summed E-state index contributed by atoms with van der Waals surface area (Å²) >= 11 is 0. The van der Waals surface area contributed by atoms with Crippen molar-refractivity contribution in [3.05, 3.63) is 47.7 Å². The first kappa shape index (κ1) is 18.4. The maximum atomic E-state index is 11.5. The molecule has 1 aliphatic rings. The smallest absolute Gasteiger partial charge is 0.222 e. The van der Waals surface area contributed by atoms with Crippen LogP contribution in [0.1, 0.15) is 36.9 Å². The Morgan fingerprint density at radius 2 is 1.92 bits per heavy atom. The van der Waals surface area contributed by atoms with Crippen LogP contribution in [-0.4, -0.2) is 31.2 Å². The van der Waals surface area contributed by atoms with E-state index >= 15 is 0 Å². The summed E-state index contributed by atoms with van der Waals surface area (Å²) < 4.78 is 23.0. The van der Waals surface area contributed by atoms with Crippen LogP contribution in [0.15, 0.2) is 41.3 Å². The van der Waals surface area contributed by atoms with Gasteiger partial charge in [-0.15, -0.1) is 0 Å². The Bertz CT molecular complexity index is 906. The van der Waals surface area contributed by atoms with Gasteiger partial charge < -0.3 is 11.1 Å². The van der Waals surface area contributed by atoms with E-state index in [1.807, 2.05) is 18.2 Å². The quantitative estimate of drug-likeness (QED) is 0.809. The minimum atomic E-state index is -3.16. The molecule has 1 aromatic heterocycles. The van der Waals surface area contributed by atoms with Crippen LogP contribution in [0.3, 0.4) is 0 Å². The number of nitrogens with zero attached hydrogens (tertiary/aromatic N) is 2. The van der Waals surface area contributed by atoms with Crippen molar-refractivity contribution in [1.29, 1.82) is 0 Å². The van der Waals surface area contributed by atoms with Gasteiger partial charge in [0.2, 0.25) is 5.95 Å². The Hall–Kier alpha value is -2.41. The summed E-state index contributed by atoms with van der Waals surface area (Å²) in [6.45, 7) is 0.674. The summed E-state index contributed by atoms with van der Waals surface area (Å²) in [7, 11) is -3.16. The van der Waals surface area contributed by atoms with E-state index in [0.717, 1.165) is 30.5 Å². The van der Waals surface area contributed by atoms with Crippen LogP contribution in [0, 0.1) is 0 Å². The van der Waals surface area contributed by atoms with Crippen LogP contribution in [0.25, 0.3) is 5.57 Å². The second kappa shape index (κ2) is 7.86. The Morgan fingerprint density at radius 1 is 1.15 bits per heavy atom. The zero-order valence-corrected chi connectivity index (χ0v) is 15.7. The number of nitrogens with two attached hydrogens (primary N) is 1. The van der Waals surface area contributed by atoms with Crippen molar-refractivity contribution in [3.8, 4) is 0 Å². The minimum absolute atomic E-state index is 0.272. The fourth-order valence-electron chi connectivity index (χ4n) is 3.03. The number of aromatic nitrogens is 2. The van der Waals surface area contributed by atoms with Gasteiger partial charge in [-0.2, -0.15) is 4.98 Å². The van der Waals surface area contributed by atoms with Crippen molar-refractivity contribution in [2.75, 3.05) is 23.9 Å². The maximum absolute atomic E-state index is 11.5. The standard InChI is InChI=1S/C19H24N4O2S/c1-26(24,25)16-9-7-14(8-10-16)11-12-21-18-13-17(22-19(20)23-18)15-5-3-2-4-6-15/h5,7-10,13H,2-4,6,11-12H2,1H3,(H3,20,21,22,23). The fraction of sp³-hybridized carbons (Fsp3) is 0.368. The molecule has 3 N–H and O–H groups in total. The third-order valence-corrected chi connectivity index (χ3v) is 5.56. The molecule has 0 amide bonds. The Morgan fingerprint density at radius 3 is 2.58 bits per heavy atom. The third kappa shape index (κ3) is 4.82. The molecule has 3 rings (SSSR count). The molecule has 138 valence electrons. The van der Waals surface area contributed by atoms with Crippen molar-refractivity contribution in [2.24, 2.45) is 0 Å². The Balaban J connectivity index is 1.63. The summed E-state index contributed by atoms with van der Waals surface area (Å²) in [6.07, 6.45) is 8.73. The van der Waals surface area contributed by atoms with Gasteiger partial charge in [-0.1, -0.05) is 18.2 Å². The second-order valence-corrected chi connectivity index (χ2v) is 8.58. The topological polar surface area (TPSA) is 98.0 Å². The molecule has 1 aromatic carbocycles. The van der Waals surface area contributed by atoms with E-state index in [2.05, 4.69) is 21.4 Å². The van der Waals surface area contributed by atoms with Gasteiger partial charge in [0.25, 0.3) is 0 Å². The highest BCUT2D eigenvalue weighted by Crippen LogP contribution is 2.26. The van der Waals surface area contributed by atoms with E-state index in [9.17, 15) is 8.42 Å². The molecule has 0 radical (unpaired) electrons. The summed E-state index contributed by atoms with van der Waals surface area (Å²) in [5, 5.41) is 3.28. The molecule has 0 atom stereocenters. The summed E-state index contributed by atoms with van der Waals surface area (Å²) in [5.41, 5.74) is 9.06. The van der Waals surface area contributed by atoms with Gasteiger partial charge in [-0.05, 0) is 55.4 Å². The number of benzene rings is 1. The summed E-state index contributed by atoms with van der Waals surface area (Å²) in [6, 6.07) is 8.90. The molecule has 7 heteroatoms. The number of hydrogen-bond donors (Lipinski definition) is 2. The largest absolute Gasteiger partial charge is 0.370 e. The third-order valence-electron chi connectivity index (χ3n) is 4.43. The first-order valence-corrected chi connectivity index (χ1v) is 10.7. The number of nitrogens with one attached hydrogen (secondary N) is 1. The van der Waals surface area contributed by atoms with Crippen LogP contribution in [0.5, 0.6) is 0 Å². The summed E-state index contributed by atoms with van der Waals surface area (Å²) in [5.74, 6) is 0.987. The monoisotopic (exact) mass is 372 g/mol. The van der Waals surface area contributed by atoms with Gasteiger partial charge in [0.05, 0.1) is 10.6 Å². The van der Waals surface area contributed by atoms with Gasteiger partial charge in [0.1, 0.15) is 5.82 Å². The lowest BCUT2D eigenvalue weighted by Gasteiger charge is -2.14. The zero-order chi connectivity index (χ0) is 18.6. The van der Waals surface area contributed by atoms with Gasteiger partial charge in [-0.25, -0.2) is 13.4 Å². The lowest BCUT2D eigenvalue weighted by atomic mass is 9.97. The minimum Gasteiger partial charge on any atom is -0.370 e. The molecule has 0 bridgehead atoms.